The number of azo groups is 2. The first-order chi connectivity index (χ1) is 26.3. The topological polar surface area (TPSA) is 305 Å². The second-order valence-electron chi connectivity index (χ2n) is 11.2. The summed E-state index contributed by atoms with van der Waals surface area (Å²) in [6.45, 7) is 0. The van der Waals surface area contributed by atoms with Gasteiger partial charge in [0.1, 0.15) is 0 Å². The minimum atomic E-state index is -1.65. The zero-order valence-electron chi connectivity index (χ0n) is 29.4. The van der Waals surface area contributed by atoms with E-state index in [-0.39, 0.29) is 98.8 Å². The standard InChI is InChI=1S/C33H21N11O11.2Na/c45-29(17-7-9-19(10-8-17)35-37-25-27(32(48)49)39-41(30(25)46)21-3-1-5-23(15-21)43(52)53)34-18-11-13-20(14-12-18)36-38-26-28(33(50)51)40-42(31(26)47)22-4-2-6-24(16-22)44(54)55;;/h1-16,25-26H,(H,34,45)(H,48,49)(H,50,51);;. The van der Waals surface area contributed by atoms with E-state index in [0.29, 0.717) is 15.7 Å². The van der Waals surface area contributed by atoms with Crippen molar-refractivity contribution < 1.29 is 44.0 Å². The van der Waals surface area contributed by atoms with Crippen molar-refractivity contribution >= 4 is 140 Å². The molecule has 6 rings (SSSR count). The number of non-ortho nitro benzene ring substituents is 2. The van der Waals surface area contributed by atoms with Crippen LogP contribution >= 0.6 is 0 Å². The first kappa shape index (κ1) is 43.3. The second kappa shape index (κ2) is 18.5. The maximum atomic E-state index is 13.0. The predicted molar refractivity (Wildman–Crippen MR) is 200 cm³/mol. The van der Waals surface area contributed by atoms with Crippen LogP contribution in [0.25, 0.3) is 0 Å². The maximum absolute atomic E-state index is 13.0. The molecule has 2 unspecified atom stereocenters. The molecule has 2 aliphatic heterocycles. The Labute approximate surface area is 362 Å². The van der Waals surface area contributed by atoms with Crippen LogP contribution in [-0.4, -0.2) is 132 Å². The molecule has 0 saturated carbocycles. The fourth-order valence-electron chi connectivity index (χ4n) is 5.01. The van der Waals surface area contributed by atoms with Crippen LogP contribution in [0.1, 0.15) is 10.4 Å². The number of carbonyl (C=O) groups is 5. The summed E-state index contributed by atoms with van der Waals surface area (Å²) in [5.74, 6) is -5.44. The molecule has 4 aromatic rings. The van der Waals surface area contributed by atoms with Crippen LogP contribution in [0, 0.1) is 20.2 Å². The van der Waals surface area contributed by atoms with E-state index in [2.05, 4.69) is 36.0 Å². The molecule has 57 heavy (non-hydrogen) atoms. The zero-order valence-corrected chi connectivity index (χ0v) is 33.4. The van der Waals surface area contributed by atoms with Crippen molar-refractivity contribution in [2.24, 2.45) is 30.7 Å². The normalized spacial score (nSPS) is 16.1. The quantitative estimate of drug-likeness (QED) is 0.0800. The van der Waals surface area contributed by atoms with Crippen molar-refractivity contribution in [3.05, 3.63) is 123 Å². The summed E-state index contributed by atoms with van der Waals surface area (Å²) in [5.41, 5.74) is -1.21. The fraction of sp³-hybridized carbons (Fsp3) is 0.0606. The van der Waals surface area contributed by atoms with E-state index in [9.17, 15) is 54.4 Å². The number of amides is 3. The maximum Gasteiger partial charge on any atom is 0.355 e. The van der Waals surface area contributed by atoms with E-state index >= 15 is 0 Å². The van der Waals surface area contributed by atoms with Crippen LogP contribution in [-0.2, 0) is 19.2 Å². The molecule has 276 valence electrons. The van der Waals surface area contributed by atoms with Gasteiger partial charge in [-0.25, -0.2) is 9.59 Å². The Morgan fingerprint density at radius 2 is 1.05 bits per heavy atom. The van der Waals surface area contributed by atoms with Crippen molar-refractivity contribution in [1.82, 2.24) is 0 Å². The zero-order chi connectivity index (χ0) is 39.4. The number of carboxylic acids is 2. The van der Waals surface area contributed by atoms with Gasteiger partial charge < -0.3 is 15.5 Å². The van der Waals surface area contributed by atoms with Gasteiger partial charge in [0, 0.05) is 94.6 Å². The SMILES string of the molecule is O=C(O)C1=NN(c2cccc([N+](=O)[O-])c2)C(=O)C1N=Nc1ccc(NC(=O)c2ccc(N=NC3C(=O)N(c4cccc([N+](=O)[O-])c4)N=C3C(=O)O)cc2)cc1.[Na].[Na]. The Balaban J connectivity index is 0.00000360. The Morgan fingerprint density at radius 1 is 0.649 bits per heavy atom. The van der Waals surface area contributed by atoms with Crippen LogP contribution in [0.3, 0.4) is 0 Å². The van der Waals surface area contributed by atoms with Crippen molar-refractivity contribution in [3.8, 4) is 0 Å². The average molecular weight is 794 g/mol. The average Bonchev–Trinajstić information content (AvgIpc) is 3.69. The van der Waals surface area contributed by atoms with E-state index in [1.165, 1.54) is 84.9 Å². The van der Waals surface area contributed by atoms with Gasteiger partial charge in [0.25, 0.3) is 29.1 Å². The van der Waals surface area contributed by atoms with Crippen LogP contribution in [0.4, 0.5) is 39.8 Å². The molecular formula is C33H21N11Na2O11. The third-order valence-corrected chi connectivity index (χ3v) is 7.66. The van der Waals surface area contributed by atoms with E-state index in [0.717, 1.165) is 12.1 Å². The number of nitrogens with zero attached hydrogens (tertiary/aromatic N) is 10. The van der Waals surface area contributed by atoms with E-state index < -0.39 is 63.0 Å². The number of hydrogen-bond acceptors (Lipinski definition) is 15. The van der Waals surface area contributed by atoms with Gasteiger partial charge in [-0.05, 0) is 60.7 Å². The van der Waals surface area contributed by atoms with Crippen molar-refractivity contribution in [2.45, 2.75) is 12.1 Å². The van der Waals surface area contributed by atoms with Crippen LogP contribution in [0.15, 0.2) is 128 Å². The molecule has 2 radical (unpaired) electrons. The Hall–Kier alpha value is -6.43. The minimum absolute atomic E-state index is 0. The Morgan fingerprint density at radius 3 is 1.44 bits per heavy atom. The van der Waals surface area contributed by atoms with E-state index in [1.54, 1.807) is 0 Å². The number of nitro groups is 2. The Kier molecular flexibility index (Phi) is 14.0. The first-order valence-electron chi connectivity index (χ1n) is 15.4. The first-order valence-corrected chi connectivity index (χ1v) is 15.4. The number of anilines is 3. The van der Waals surface area contributed by atoms with Crippen molar-refractivity contribution in [1.29, 1.82) is 0 Å². The molecule has 22 nitrogen and oxygen atoms in total. The van der Waals surface area contributed by atoms with Crippen LogP contribution in [0.2, 0.25) is 0 Å². The summed E-state index contributed by atoms with van der Waals surface area (Å²) in [4.78, 5) is 83.4. The van der Waals surface area contributed by atoms with Gasteiger partial charge in [-0.3, -0.25) is 34.6 Å². The molecule has 4 aromatic carbocycles. The number of hydrogen-bond donors (Lipinski definition) is 3. The van der Waals surface area contributed by atoms with Gasteiger partial charge in [0.05, 0.1) is 32.6 Å². The summed E-state index contributed by atoms with van der Waals surface area (Å²) < 4.78 is 0. The monoisotopic (exact) mass is 793 g/mol. The van der Waals surface area contributed by atoms with Gasteiger partial charge in [0.2, 0.25) is 12.1 Å². The number of aliphatic carboxylic acids is 2. The summed E-state index contributed by atoms with van der Waals surface area (Å²) >= 11 is 0. The molecule has 3 N–H and O–H groups in total. The number of hydrazone groups is 2. The van der Waals surface area contributed by atoms with Gasteiger partial charge in [-0.15, -0.1) is 0 Å². The molecule has 2 heterocycles. The summed E-state index contributed by atoms with van der Waals surface area (Å²) in [6, 6.07) is 17.8. The number of benzene rings is 4. The number of nitro benzene ring substituents is 2. The van der Waals surface area contributed by atoms with Crippen molar-refractivity contribution in [3.63, 3.8) is 0 Å². The van der Waals surface area contributed by atoms with Crippen LogP contribution in [0.5, 0.6) is 0 Å². The van der Waals surface area contributed by atoms with Gasteiger partial charge in [0.15, 0.2) is 11.4 Å². The molecule has 0 fully saturated rings. The van der Waals surface area contributed by atoms with Crippen LogP contribution < -0.4 is 15.3 Å². The molecular weight excluding hydrogens is 772 g/mol. The number of carboxylic acid groups (broad SMARTS) is 2. The predicted octanol–water partition coefficient (Wildman–Crippen LogP) is 3.87. The number of nitrogens with one attached hydrogen (secondary N) is 1. The third kappa shape index (κ3) is 9.69. The van der Waals surface area contributed by atoms with Gasteiger partial charge >= 0.3 is 11.9 Å². The molecule has 0 aromatic heterocycles. The summed E-state index contributed by atoms with van der Waals surface area (Å²) in [7, 11) is 0. The van der Waals surface area contributed by atoms with Gasteiger partial charge in [-0.1, -0.05) is 12.1 Å². The van der Waals surface area contributed by atoms with E-state index in [4.69, 9.17) is 0 Å². The summed E-state index contributed by atoms with van der Waals surface area (Å²) in [6.07, 6.45) is 0. The molecule has 0 saturated heterocycles. The smallest absolute Gasteiger partial charge is 0.355 e. The van der Waals surface area contributed by atoms with Gasteiger partial charge in [-0.2, -0.15) is 40.7 Å². The molecule has 2 aliphatic rings. The molecule has 24 heteroatoms. The molecule has 0 bridgehead atoms. The van der Waals surface area contributed by atoms with Crippen molar-refractivity contribution in [2.75, 3.05) is 15.3 Å². The fourth-order valence-corrected chi connectivity index (χ4v) is 5.01. The number of carbonyl (C=O) groups excluding carboxylic acids is 3. The summed E-state index contributed by atoms with van der Waals surface area (Å²) in [5, 5.41) is 68.6. The molecule has 0 aliphatic carbocycles. The molecule has 3 amide bonds. The Bertz CT molecular complexity index is 2420. The largest absolute Gasteiger partial charge is 0.477 e. The second-order valence-corrected chi connectivity index (χ2v) is 11.2. The van der Waals surface area contributed by atoms with E-state index in [1.807, 2.05) is 0 Å². The molecule has 0 spiro atoms. The third-order valence-electron chi connectivity index (χ3n) is 7.66. The molecule has 2 atom stereocenters. The number of rotatable bonds is 12. The minimum Gasteiger partial charge on any atom is -0.477 e.